The summed E-state index contributed by atoms with van der Waals surface area (Å²) in [5, 5.41) is 10.00. The molecular formula is C22H18N6OS. The normalized spacial score (nSPS) is 11.5. The number of para-hydroxylation sites is 3. The van der Waals surface area contributed by atoms with Crippen molar-refractivity contribution < 1.29 is 0 Å². The molecule has 7 nitrogen and oxygen atoms in total. The molecule has 0 aliphatic heterocycles. The predicted molar refractivity (Wildman–Crippen MR) is 119 cm³/mol. The zero-order valence-corrected chi connectivity index (χ0v) is 17.1. The van der Waals surface area contributed by atoms with Crippen LogP contribution in [0.1, 0.15) is 11.4 Å². The van der Waals surface area contributed by atoms with Gasteiger partial charge in [-0.2, -0.15) is 0 Å². The summed E-state index contributed by atoms with van der Waals surface area (Å²) in [5.74, 6) is 1.10. The van der Waals surface area contributed by atoms with E-state index in [1.54, 1.807) is 10.6 Å². The number of allylic oxidation sites excluding steroid dienone is 1. The van der Waals surface area contributed by atoms with Crippen LogP contribution < -0.4 is 5.56 Å². The van der Waals surface area contributed by atoms with Gasteiger partial charge in [-0.1, -0.05) is 42.1 Å². The lowest BCUT2D eigenvalue weighted by atomic mass is 10.2. The highest BCUT2D eigenvalue weighted by Crippen LogP contribution is 2.25. The second kappa shape index (κ2) is 7.38. The number of rotatable bonds is 5. The van der Waals surface area contributed by atoms with Gasteiger partial charge in [-0.3, -0.25) is 13.8 Å². The average Bonchev–Trinajstić information content (AvgIpc) is 3.19. The van der Waals surface area contributed by atoms with Crippen LogP contribution in [0.4, 0.5) is 0 Å². The van der Waals surface area contributed by atoms with Crippen molar-refractivity contribution in [3.05, 3.63) is 82.9 Å². The first-order valence-electron chi connectivity index (χ1n) is 9.50. The number of thioether (sulfide) groups is 1. The third-order valence-corrected chi connectivity index (χ3v) is 5.91. The van der Waals surface area contributed by atoms with Crippen LogP contribution in [0.3, 0.4) is 0 Å². The summed E-state index contributed by atoms with van der Waals surface area (Å²) < 4.78 is 3.52. The Hall–Kier alpha value is -3.52. The van der Waals surface area contributed by atoms with E-state index >= 15 is 0 Å². The monoisotopic (exact) mass is 414 g/mol. The van der Waals surface area contributed by atoms with E-state index in [1.807, 2.05) is 59.9 Å². The minimum Gasteiger partial charge on any atom is -0.272 e. The fraction of sp³-hybridized carbons (Fsp3) is 0.136. The van der Waals surface area contributed by atoms with Crippen molar-refractivity contribution in [2.45, 2.75) is 24.4 Å². The number of aryl methyl sites for hydroxylation is 1. The Bertz CT molecular complexity index is 1490. The summed E-state index contributed by atoms with van der Waals surface area (Å²) in [6.07, 6.45) is 1.69. The Morgan fingerprint density at radius 3 is 2.57 bits per heavy atom. The zero-order chi connectivity index (χ0) is 20.7. The molecule has 0 saturated heterocycles. The van der Waals surface area contributed by atoms with Crippen LogP contribution in [-0.2, 0) is 12.3 Å². The Labute approximate surface area is 176 Å². The van der Waals surface area contributed by atoms with E-state index in [4.69, 9.17) is 4.98 Å². The largest absolute Gasteiger partial charge is 0.272 e. The Balaban J connectivity index is 1.61. The number of benzene rings is 2. The molecule has 0 saturated carbocycles. The topological polar surface area (TPSA) is 78.0 Å². The molecule has 148 valence electrons. The highest BCUT2D eigenvalue weighted by molar-refractivity contribution is 7.98. The molecule has 0 aliphatic carbocycles. The lowest BCUT2D eigenvalue weighted by molar-refractivity contribution is 0.783. The first kappa shape index (κ1) is 18.5. The first-order chi connectivity index (χ1) is 14.7. The van der Waals surface area contributed by atoms with Gasteiger partial charge in [0.2, 0.25) is 5.78 Å². The summed E-state index contributed by atoms with van der Waals surface area (Å²) in [5.41, 5.74) is 4.23. The van der Waals surface area contributed by atoms with Crippen LogP contribution in [0.2, 0.25) is 0 Å². The maximum Gasteiger partial charge on any atom is 0.263 e. The summed E-state index contributed by atoms with van der Waals surface area (Å²) in [6.45, 7) is 6.10. The van der Waals surface area contributed by atoms with Crippen molar-refractivity contribution in [1.29, 1.82) is 0 Å². The Kier molecular flexibility index (Phi) is 4.55. The van der Waals surface area contributed by atoms with Crippen LogP contribution in [0.15, 0.2) is 71.1 Å². The molecule has 0 amide bonds. The number of nitrogens with zero attached hydrogens (tertiary/aromatic N) is 6. The van der Waals surface area contributed by atoms with Crippen molar-refractivity contribution in [2.75, 3.05) is 0 Å². The Morgan fingerprint density at radius 1 is 1.03 bits per heavy atom. The summed E-state index contributed by atoms with van der Waals surface area (Å²) in [4.78, 5) is 22.3. The van der Waals surface area contributed by atoms with E-state index < -0.39 is 0 Å². The summed E-state index contributed by atoms with van der Waals surface area (Å²) in [7, 11) is 0. The SMILES string of the molecule is C=CCn1c(=O)c2ccccc2n2c(SCc3nc4ccccc4nc3C)nnc12. The van der Waals surface area contributed by atoms with E-state index in [0.717, 1.165) is 27.9 Å². The van der Waals surface area contributed by atoms with Crippen molar-refractivity contribution >= 4 is 39.5 Å². The second-order valence-electron chi connectivity index (χ2n) is 6.87. The molecule has 3 aromatic heterocycles. The minimum atomic E-state index is -0.0989. The number of hydrogen-bond donors (Lipinski definition) is 0. The van der Waals surface area contributed by atoms with Gasteiger partial charge in [0.1, 0.15) is 0 Å². The predicted octanol–water partition coefficient (Wildman–Crippen LogP) is 3.77. The molecule has 5 rings (SSSR count). The van der Waals surface area contributed by atoms with Crippen LogP contribution in [0.5, 0.6) is 0 Å². The van der Waals surface area contributed by atoms with Crippen molar-refractivity contribution in [2.24, 2.45) is 0 Å². The zero-order valence-electron chi connectivity index (χ0n) is 16.3. The molecule has 5 aromatic rings. The van der Waals surface area contributed by atoms with E-state index in [0.29, 0.717) is 28.6 Å². The van der Waals surface area contributed by atoms with Crippen molar-refractivity contribution in [3.8, 4) is 0 Å². The van der Waals surface area contributed by atoms with Gasteiger partial charge in [-0.05, 0) is 31.2 Å². The second-order valence-corrected chi connectivity index (χ2v) is 7.82. The molecular weight excluding hydrogens is 396 g/mol. The molecule has 0 unspecified atom stereocenters. The highest BCUT2D eigenvalue weighted by atomic mass is 32.2. The Morgan fingerprint density at radius 2 is 1.77 bits per heavy atom. The number of fused-ring (bicyclic) bond motifs is 4. The highest BCUT2D eigenvalue weighted by Gasteiger charge is 2.17. The van der Waals surface area contributed by atoms with E-state index in [2.05, 4.69) is 21.8 Å². The van der Waals surface area contributed by atoms with E-state index in [1.165, 1.54) is 11.8 Å². The fourth-order valence-corrected chi connectivity index (χ4v) is 4.46. The first-order valence-corrected chi connectivity index (χ1v) is 10.5. The fourth-order valence-electron chi connectivity index (χ4n) is 3.52. The maximum absolute atomic E-state index is 12.9. The van der Waals surface area contributed by atoms with Gasteiger partial charge < -0.3 is 0 Å². The number of aromatic nitrogens is 6. The van der Waals surface area contributed by atoms with Gasteiger partial charge in [-0.25, -0.2) is 9.97 Å². The van der Waals surface area contributed by atoms with Gasteiger partial charge in [-0.15, -0.1) is 16.8 Å². The van der Waals surface area contributed by atoms with Gasteiger partial charge in [0.25, 0.3) is 5.56 Å². The average molecular weight is 414 g/mol. The smallest absolute Gasteiger partial charge is 0.263 e. The molecule has 0 aliphatic rings. The van der Waals surface area contributed by atoms with Gasteiger partial charge >= 0.3 is 0 Å². The molecule has 3 heterocycles. The van der Waals surface area contributed by atoms with Crippen LogP contribution in [-0.4, -0.2) is 29.1 Å². The van der Waals surface area contributed by atoms with E-state index in [-0.39, 0.29) is 5.56 Å². The molecule has 0 bridgehead atoms. The van der Waals surface area contributed by atoms with Gasteiger partial charge in [0, 0.05) is 12.3 Å². The molecule has 2 aromatic carbocycles. The third-order valence-electron chi connectivity index (χ3n) is 4.97. The molecule has 0 radical (unpaired) electrons. The molecule has 8 heteroatoms. The molecule has 0 N–H and O–H groups in total. The third kappa shape index (κ3) is 2.96. The van der Waals surface area contributed by atoms with Gasteiger partial charge in [0.15, 0.2) is 5.16 Å². The number of hydrogen-bond acceptors (Lipinski definition) is 6. The molecule has 30 heavy (non-hydrogen) atoms. The maximum atomic E-state index is 12.9. The lowest BCUT2D eigenvalue weighted by Crippen LogP contribution is -2.22. The van der Waals surface area contributed by atoms with Crippen LogP contribution in [0.25, 0.3) is 27.7 Å². The molecule has 0 fully saturated rings. The quantitative estimate of drug-likeness (QED) is 0.322. The standard InChI is InChI=1S/C22H18N6OS/c1-3-12-27-20(29)15-8-4-7-11-19(15)28-21(27)25-26-22(28)30-13-18-14(2)23-16-9-5-6-10-17(16)24-18/h3-11H,1,12-13H2,2H3. The minimum absolute atomic E-state index is 0.0989. The summed E-state index contributed by atoms with van der Waals surface area (Å²) in [6, 6.07) is 15.3. The van der Waals surface area contributed by atoms with Gasteiger partial charge in [0.05, 0.1) is 33.3 Å². The summed E-state index contributed by atoms with van der Waals surface area (Å²) >= 11 is 1.53. The molecule has 0 atom stereocenters. The van der Waals surface area contributed by atoms with Crippen LogP contribution in [0, 0.1) is 6.92 Å². The van der Waals surface area contributed by atoms with Crippen LogP contribution >= 0.6 is 11.8 Å². The van der Waals surface area contributed by atoms with Crippen molar-refractivity contribution in [3.63, 3.8) is 0 Å². The van der Waals surface area contributed by atoms with Crippen molar-refractivity contribution in [1.82, 2.24) is 29.1 Å². The molecule has 0 spiro atoms. The lowest BCUT2D eigenvalue weighted by Gasteiger charge is -2.10. The van der Waals surface area contributed by atoms with E-state index in [9.17, 15) is 4.79 Å².